The van der Waals surface area contributed by atoms with Crippen molar-refractivity contribution in [2.75, 3.05) is 6.54 Å². The molecule has 1 heterocycles. The number of rotatable bonds is 5. The molecule has 0 unspecified atom stereocenters. The topological polar surface area (TPSA) is 94.9 Å². The summed E-state index contributed by atoms with van der Waals surface area (Å²) in [5.74, 6) is 0. The van der Waals surface area contributed by atoms with E-state index in [0.29, 0.717) is 17.1 Å². The van der Waals surface area contributed by atoms with E-state index in [1.807, 2.05) is 6.07 Å². The van der Waals surface area contributed by atoms with Crippen molar-refractivity contribution in [2.24, 2.45) is 5.73 Å². The molecule has 1 aromatic heterocycles. The summed E-state index contributed by atoms with van der Waals surface area (Å²) in [5.41, 5.74) is 6.95. The van der Waals surface area contributed by atoms with Gasteiger partial charge in [-0.2, -0.15) is 0 Å². The number of nitrogens with two attached hydrogens (primary N) is 1. The Morgan fingerprint density at radius 2 is 2.21 bits per heavy atom. The Morgan fingerprint density at radius 1 is 1.42 bits per heavy atom. The van der Waals surface area contributed by atoms with Crippen molar-refractivity contribution in [3.63, 3.8) is 0 Å². The quantitative estimate of drug-likeness (QED) is 0.669. The lowest BCUT2D eigenvalue weighted by molar-refractivity contribution is -0.385. The summed E-state index contributed by atoms with van der Waals surface area (Å²) in [5, 5.41) is 20.7. The first-order valence-corrected chi connectivity index (χ1v) is 6.72. The number of aryl methyl sites for hydroxylation is 1. The third-order valence-corrected chi connectivity index (χ3v) is 3.81. The van der Waals surface area contributed by atoms with Gasteiger partial charge in [-0.1, -0.05) is 23.5 Å². The lowest BCUT2D eigenvalue weighted by Crippen LogP contribution is -1.99. The summed E-state index contributed by atoms with van der Waals surface area (Å²) in [6.07, 6.45) is 1.66. The maximum atomic E-state index is 10.9. The van der Waals surface area contributed by atoms with Gasteiger partial charge >= 0.3 is 0 Å². The zero-order valence-corrected chi connectivity index (χ0v) is 11.3. The number of nitro groups is 1. The van der Waals surface area contributed by atoms with Gasteiger partial charge in [-0.3, -0.25) is 10.1 Å². The van der Waals surface area contributed by atoms with Gasteiger partial charge in [0, 0.05) is 23.6 Å². The molecule has 0 amide bonds. The molecule has 0 fully saturated rings. The molecule has 2 N–H and O–H groups in total. The van der Waals surface area contributed by atoms with Crippen molar-refractivity contribution >= 4 is 17.0 Å². The zero-order valence-electron chi connectivity index (χ0n) is 10.5. The van der Waals surface area contributed by atoms with E-state index >= 15 is 0 Å². The van der Waals surface area contributed by atoms with E-state index in [9.17, 15) is 10.1 Å². The van der Waals surface area contributed by atoms with E-state index in [0.717, 1.165) is 23.4 Å². The number of nitro benzene ring substituents is 1. The minimum absolute atomic E-state index is 0.108. The Hall–Kier alpha value is -1.86. The van der Waals surface area contributed by atoms with E-state index in [1.165, 1.54) is 17.4 Å². The van der Waals surface area contributed by atoms with Crippen LogP contribution in [-0.4, -0.2) is 21.7 Å². The van der Waals surface area contributed by atoms with Crippen molar-refractivity contribution in [3.8, 4) is 10.6 Å². The SMILES string of the molecule is Cc1c(-c2nnc(CCCN)s2)cccc1[N+](=O)[O-]. The second-order valence-electron chi connectivity index (χ2n) is 4.10. The van der Waals surface area contributed by atoms with Crippen LogP contribution >= 0.6 is 11.3 Å². The molecule has 0 saturated carbocycles. The molecule has 0 bridgehead atoms. The van der Waals surface area contributed by atoms with Crippen molar-refractivity contribution in [1.29, 1.82) is 0 Å². The van der Waals surface area contributed by atoms with Crippen LogP contribution in [0.5, 0.6) is 0 Å². The first kappa shape index (κ1) is 13.6. The molecular formula is C12H14N4O2S. The normalized spacial score (nSPS) is 10.6. The summed E-state index contributed by atoms with van der Waals surface area (Å²) < 4.78 is 0. The summed E-state index contributed by atoms with van der Waals surface area (Å²) in [4.78, 5) is 10.5. The Labute approximate surface area is 114 Å². The fourth-order valence-corrected chi connectivity index (χ4v) is 2.73. The van der Waals surface area contributed by atoms with Crippen LogP contribution in [0.2, 0.25) is 0 Å². The van der Waals surface area contributed by atoms with Crippen LogP contribution in [0, 0.1) is 17.0 Å². The first-order chi connectivity index (χ1) is 9.13. The minimum atomic E-state index is -0.380. The molecule has 0 aliphatic carbocycles. The van der Waals surface area contributed by atoms with Crippen molar-refractivity contribution in [1.82, 2.24) is 10.2 Å². The summed E-state index contributed by atoms with van der Waals surface area (Å²) in [7, 11) is 0. The molecule has 1 aromatic carbocycles. The van der Waals surface area contributed by atoms with Gasteiger partial charge in [-0.05, 0) is 19.9 Å². The molecule has 0 spiro atoms. The van der Waals surface area contributed by atoms with Crippen LogP contribution in [0.15, 0.2) is 18.2 Å². The van der Waals surface area contributed by atoms with Crippen LogP contribution in [0.25, 0.3) is 10.6 Å². The number of hydrogen-bond donors (Lipinski definition) is 1. The Balaban J connectivity index is 2.34. The van der Waals surface area contributed by atoms with Gasteiger partial charge in [-0.15, -0.1) is 10.2 Å². The fraction of sp³-hybridized carbons (Fsp3) is 0.333. The number of hydrogen-bond acceptors (Lipinski definition) is 6. The standard InChI is InChI=1S/C12H14N4O2S/c1-8-9(4-2-5-10(8)16(17)18)12-15-14-11(19-12)6-3-7-13/h2,4-5H,3,6-7,13H2,1H3. The second kappa shape index (κ2) is 5.85. The summed E-state index contributed by atoms with van der Waals surface area (Å²) in [6, 6.07) is 4.99. The Kier molecular flexibility index (Phi) is 4.18. The lowest BCUT2D eigenvalue weighted by Gasteiger charge is -2.01. The third-order valence-electron chi connectivity index (χ3n) is 2.79. The highest BCUT2D eigenvalue weighted by atomic mass is 32.1. The molecule has 0 aliphatic rings. The van der Waals surface area contributed by atoms with E-state index in [-0.39, 0.29) is 10.6 Å². The van der Waals surface area contributed by atoms with Crippen LogP contribution in [-0.2, 0) is 6.42 Å². The Bertz CT molecular complexity index is 597. The van der Waals surface area contributed by atoms with E-state index < -0.39 is 0 Å². The van der Waals surface area contributed by atoms with Crippen molar-refractivity contribution < 1.29 is 4.92 Å². The molecule has 6 nitrogen and oxygen atoms in total. The number of aromatic nitrogens is 2. The maximum Gasteiger partial charge on any atom is 0.273 e. The van der Waals surface area contributed by atoms with Crippen LogP contribution in [0.1, 0.15) is 17.0 Å². The van der Waals surface area contributed by atoms with E-state index in [2.05, 4.69) is 10.2 Å². The second-order valence-corrected chi connectivity index (χ2v) is 5.16. The molecule has 2 aromatic rings. The average molecular weight is 278 g/mol. The van der Waals surface area contributed by atoms with Gasteiger partial charge in [0.15, 0.2) is 0 Å². The molecule has 100 valence electrons. The molecule has 0 atom stereocenters. The minimum Gasteiger partial charge on any atom is -0.330 e. The smallest absolute Gasteiger partial charge is 0.273 e. The van der Waals surface area contributed by atoms with E-state index in [1.54, 1.807) is 13.0 Å². The fourth-order valence-electron chi connectivity index (χ4n) is 1.77. The highest BCUT2D eigenvalue weighted by molar-refractivity contribution is 7.14. The number of nitrogens with zero attached hydrogens (tertiary/aromatic N) is 3. The van der Waals surface area contributed by atoms with E-state index in [4.69, 9.17) is 5.73 Å². The van der Waals surface area contributed by atoms with Gasteiger partial charge in [0.1, 0.15) is 10.0 Å². The van der Waals surface area contributed by atoms with Gasteiger partial charge in [0.25, 0.3) is 5.69 Å². The zero-order chi connectivity index (χ0) is 13.8. The predicted molar refractivity (Wildman–Crippen MR) is 74.1 cm³/mol. The molecule has 0 saturated heterocycles. The molecule has 2 rings (SSSR count). The average Bonchev–Trinajstić information content (AvgIpc) is 2.84. The molecular weight excluding hydrogens is 264 g/mol. The highest BCUT2D eigenvalue weighted by Crippen LogP contribution is 2.31. The third kappa shape index (κ3) is 2.94. The maximum absolute atomic E-state index is 10.9. The Morgan fingerprint density at radius 3 is 2.89 bits per heavy atom. The molecule has 7 heteroatoms. The number of benzene rings is 1. The lowest BCUT2D eigenvalue weighted by atomic mass is 10.1. The van der Waals surface area contributed by atoms with Crippen molar-refractivity contribution in [2.45, 2.75) is 19.8 Å². The van der Waals surface area contributed by atoms with Crippen LogP contribution < -0.4 is 5.73 Å². The van der Waals surface area contributed by atoms with Crippen LogP contribution in [0.3, 0.4) is 0 Å². The van der Waals surface area contributed by atoms with Gasteiger partial charge in [0.05, 0.1) is 4.92 Å². The largest absolute Gasteiger partial charge is 0.330 e. The molecule has 19 heavy (non-hydrogen) atoms. The monoisotopic (exact) mass is 278 g/mol. The van der Waals surface area contributed by atoms with Gasteiger partial charge in [0.2, 0.25) is 0 Å². The molecule has 0 radical (unpaired) electrons. The highest BCUT2D eigenvalue weighted by Gasteiger charge is 2.16. The predicted octanol–water partition coefficient (Wildman–Crippen LogP) is 2.31. The van der Waals surface area contributed by atoms with Gasteiger partial charge < -0.3 is 5.73 Å². The summed E-state index contributed by atoms with van der Waals surface area (Å²) in [6.45, 7) is 2.35. The van der Waals surface area contributed by atoms with Crippen LogP contribution in [0.4, 0.5) is 5.69 Å². The van der Waals surface area contributed by atoms with Crippen molar-refractivity contribution in [3.05, 3.63) is 38.9 Å². The first-order valence-electron chi connectivity index (χ1n) is 5.90. The van der Waals surface area contributed by atoms with Gasteiger partial charge in [-0.25, -0.2) is 0 Å². The summed E-state index contributed by atoms with van der Waals surface area (Å²) >= 11 is 1.46. The molecule has 0 aliphatic heterocycles.